The molecule has 0 bridgehead atoms. The van der Waals surface area contributed by atoms with Crippen LogP contribution in [0.4, 0.5) is 0 Å². The zero-order valence-corrected chi connectivity index (χ0v) is 16.7. The predicted molar refractivity (Wildman–Crippen MR) is 81.5 cm³/mol. The third-order valence-electron chi connectivity index (χ3n) is 4.07. The van der Waals surface area contributed by atoms with E-state index >= 15 is 0 Å². The molecule has 0 saturated heterocycles. The third kappa shape index (κ3) is 4.90. The summed E-state index contributed by atoms with van der Waals surface area (Å²) in [5.74, 6) is 0. The first kappa shape index (κ1) is 17.7. The molecule has 6 heteroatoms. The molecule has 0 aromatic heterocycles. The van der Waals surface area contributed by atoms with Crippen LogP contribution in [-0.4, -0.2) is 20.3 Å². The Hall–Kier alpha value is 1.67. The Morgan fingerprint density at radius 2 is 1.11 bits per heavy atom. The van der Waals surface area contributed by atoms with E-state index in [2.05, 4.69) is 12.2 Å². The zero-order chi connectivity index (χ0) is 12.3. The molecule has 2 nitrogen and oxygen atoms in total. The SMILES string of the molecule is OP(O)(S)=S(C1CCCCC1)C1CCCCC1.[Zn]. The van der Waals surface area contributed by atoms with Gasteiger partial charge in [0.15, 0.2) is 5.69 Å². The second-order valence-electron chi connectivity index (χ2n) is 5.38. The topological polar surface area (TPSA) is 40.5 Å². The Bertz CT molecular complexity index is 279. The van der Waals surface area contributed by atoms with Crippen molar-refractivity contribution in [3.8, 4) is 0 Å². The minimum atomic E-state index is -2.94. The summed E-state index contributed by atoms with van der Waals surface area (Å²) >= 11 is 4.20. The van der Waals surface area contributed by atoms with Gasteiger partial charge in [0, 0.05) is 30.0 Å². The van der Waals surface area contributed by atoms with E-state index in [0.717, 1.165) is 0 Å². The zero-order valence-electron chi connectivity index (χ0n) is 11.1. The fraction of sp³-hybridized carbons (Fsp3) is 1.00. The second-order valence-corrected chi connectivity index (χ2v) is 13.7. The van der Waals surface area contributed by atoms with Gasteiger partial charge in [-0.3, -0.25) is 0 Å². The van der Waals surface area contributed by atoms with E-state index in [1.807, 2.05) is 0 Å². The van der Waals surface area contributed by atoms with E-state index in [4.69, 9.17) is 0 Å². The average Bonchev–Trinajstić information content (AvgIpc) is 2.30. The second kappa shape index (κ2) is 8.20. The van der Waals surface area contributed by atoms with E-state index in [9.17, 15) is 9.79 Å². The van der Waals surface area contributed by atoms with E-state index in [1.165, 1.54) is 64.2 Å². The van der Waals surface area contributed by atoms with E-state index in [0.29, 0.717) is 10.5 Å². The van der Waals surface area contributed by atoms with Crippen molar-refractivity contribution in [1.29, 1.82) is 0 Å². The standard InChI is InChI=1S/C12H25O2PS2.Zn/c13-15(14,16)17(11-7-3-1-4-8-11)12-9-5-2-6-10-12;/h11-14,16H,1-10H2;. The molecule has 2 aliphatic rings. The first-order chi connectivity index (χ1) is 8.09. The van der Waals surface area contributed by atoms with Crippen LogP contribution in [0.15, 0.2) is 0 Å². The summed E-state index contributed by atoms with van der Waals surface area (Å²) in [5, 5.41) is 1.10. The molecule has 2 fully saturated rings. The van der Waals surface area contributed by atoms with Crippen molar-refractivity contribution in [3.63, 3.8) is 0 Å². The monoisotopic (exact) mass is 360 g/mol. The maximum absolute atomic E-state index is 10.1. The Labute approximate surface area is 131 Å². The van der Waals surface area contributed by atoms with Crippen LogP contribution in [0.1, 0.15) is 64.2 Å². The van der Waals surface area contributed by atoms with Crippen molar-refractivity contribution in [1.82, 2.24) is 0 Å². The van der Waals surface area contributed by atoms with Gasteiger partial charge in [0.05, 0.1) is 0 Å². The molecule has 2 rings (SSSR count). The van der Waals surface area contributed by atoms with Gasteiger partial charge in [0.1, 0.15) is 0 Å². The van der Waals surface area contributed by atoms with Crippen LogP contribution in [0.3, 0.4) is 0 Å². The maximum atomic E-state index is 10.1. The van der Waals surface area contributed by atoms with E-state index in [1.54, 1.807) is 0 Å². The average molecular weight is 362 g/mol. The summed E-state index contributed by atoms with van der Waals surface area (Å²) in [4.78, 5) is 20.3. The van der Waals surface area contributed by atoms with Gasteiger partial charge >= 0.3 is 0 Å². The van der Waals surface area contributed by atoms with Crippen LogP contribution >= 0.6 is 17.9 Å². The summed E-state index contributed by atoms with van der Waals surface area (Å²) in [6, 6.07) is 0. The van der Waals surface area contributed by atoms with Gasteiger partial charge in [0.25, 0.3) is 0 Å². The molecule has 2 aliphatic carbocycles. The molecule has 2 N–H and O–H groups in total. The van der Waals surface area contributed by atoms with Crippen LogP contribution in [0.25, 0.3) is 0 Å². The van der Waals surface area contributed by atoms with Crippen LogP contribution in [0, 0.1) is 0 Å². The smallest absolute Gasteiger partial charge is 0.199 e. The van der Waals surface area contributed by atoms with Gasteiger partial charge < -0.3 is 9.79 Å². The minimum absolute atomic E-state index is 0. The third-order valence-corrected chi connectivity index (χ3v) is 12.1. The van der Waals surface area contributed by atoms with Crippen LogP contribution in [-0.2, 0) is 29.6 Å². The molecule has 0 unspecified atom stereocenters. The minimum Gasteiger partial charge on any atom is -0.341 e. The predicted octanol–water partition coefficient (Wildman–Crippen LogP) is 3.86. The van der Waals surface area contributed by atoms with E-state index < -0.39 is 5.69 Å². The molecule has 0 aromatic carbocycles. The van der Waals surface area contributed by atoms with Crippen LogP contribution in [0.2, 0.25) is 0 Å². The first-order valence-electron chi connectivity index (χ1n) is 6.89. The number of thiol groups is 1. The maximum Gasteiger partial charge on any atom is 0.199 e. The summed E-state index contributed by atoms with van der Waals surface area (Å²) < 4.78 is 0. The van der Waals surface area contributed by atoms with Gasteiger partial charge in [-0.2, -0.15) is 0 Å². The largest absolute Gasteiger partial charge is 0.341 e. The van der Waals surface area contributed by atoms with Crippen molar-refractivity contribution in [2.24, 2.45) is 0 Å². The Kier molecular flexibility index (Phi) is 8.07. The molecule has 0 aliphatic heterocycles. The molecule has 0 atom stereocenters. The molecule has 104 valence electrons. The molecule has 2 saturated carbocycles. The van der Waals surface area contributed by atoms with Crippen molar-refractivity contribution in [2.45, 2.75) is 74.7 Å². The molecule has 0 radical (unpaired) electrons. The summed E-state index contributed by atoms with van der Waals surface area (Å²) in [7, 11) is -0.228. The van der Waals surface area contributed by atoms with Gasteiger partial charge in [-0.15, -0.1) is 10.1 Å². The normalized spacial score (nSPS) is 24.0. The Morgan fingerprint density at radius 3 is 1.39 bits per heavy atom. The molecule has 0 aromatic rings. The van der Waals surface area contributed by atoms with Crippen LogP contribution in [0.5, 0.6) is 0 Å². The van der Waals surface area contributed by atoms with Crippen molar-refractivity contribution in [3.05, 3.63) is 0 Å². The molecule has 18 heavy (non-hydrogen) atoms. The Balaban J connectivity index is 0.00000162. The first-order valence-corrected chi connectivity index (χ1v) is 11.7. The number of hydrogen-bond donors (Lipinski definition) is 3. The molecule has 0 heterocycles. The fourth-order valence-electron chi connectivity index (χ4n) is 3.29. The van der Waals surface area contributed by atoms with Gasteiger partial charge in [-0.05, 0) is 25.7 Å². The van der Waals surface area contributed by atoms with Crippen molar-refractivity contribution < 1.29 is 29.3 Å². The van der Waals surface area contributed by atoms with Gasteiger partial charge in [-0.25, -0.2) is 0 Å². The summed E-state index contributed by atoms with van der Waals surface area (Å²) in [5.41, 5.74) is -2.94. The van der Waals surface area contributed by atoms with Crippen molar-refractivity contribution in [2.75, 3.05) is 0 Å². The van der Waals surface area contributed by atoms with Crippen molar-refractivity contribution >= 4 is 28.0 Å². The molecular weight excluding hydrogens is 337 g/mol. The molecular formula is C12H25O2PS2Zn. The quantitative estimate of drug-likeness (QED) is 0.397. The Morgan fingerprint density at radius 1 is 0.778 bits per heavy atom. The molecule has 0 spiro atoms. The van der Waals surface area contributed by atoms with E-state index in [-0.39, 0.29) is 29.6 Å². The summed E-state index contributed by atoms with van der Waals surface area (Å²) in [6.07, 6.45) is 12.5. The van der Waals surface area contributed by atoms with Gasteiger partial charge in [-0.1, -0.05) is 50.8 Å². The number of hydrogen-bond acceptors (Lipinski definition) is 0. The van der Waals surface area contributed by atoms with Crippen LogP contribution < -0.4 is 0 Å². The summed E-state index contributed by atoms with van der Waals surface area (Å²) in [6.45, 7) is 0. The fourth-order valence-corrected chi connectivity index (χ4v) is 12.3. The number of rotatable bonds is 2. The molecule has 0 amide bonds. The van der Waals surface area contributed by atoms with Gasteiger partial charge in [0.2, 0.25) is 0 Å².